The molecule has 1 aliphatic carbocycles. The molecule has 0 atom stereocenters. The van der Waals surface area contributed by atoms with Gasteiger partial charge in [0.05, 0.1) is 0 Å². The van der Waals surface area contributed by atoms with Crippen molar-refractivity contribution in [3.05, 3.63) is 0 Å². The van der Waals surface area contributed by atoms with Crippen LogP contribution in [0, 0.1) is 5.92 Å². The highest BCUT2D eigenvalue weighted by molar-refractivity contribution is 5.74. The van der Waals surface area contributed by atoms with E-state index in [0.29, 0.717) is 12.0 Å². The quantitative estimate of drug-likeness (QED) is 0.688. The molecule has 1 heterocycles. The molecule has 0 unspecified atom stereocenters. The van der Waals surface area contributed by atoms with Crippen molar-refractivity contribution in [2.45, 2.75) is 25.3 Å². The molecule has 2 N–H and O–H groups in total. The van der Waals surface area contributed by atoms with E-state index in [0.717, 1.165) is 32.5 Å². The van der Waals surface area contributed by atoms with Gasteiger partial charge in [0.1, 0.15) is 0 Å². The van der Waals surface area contributed by atoms with Gasteiger partial charge in [-0.25, -0.2) is 4.79 Å². The summed E-state index contributed by atoms with van der Waals surface area (Å²) in [5.41, 5.74) is 0. The molecule has 2 amide bonds. The van der Waals surface area contributed by atoms with Crippen molar-refractivity contribution in [2.24, 2.45) is 5.92 Å². The van der Waals surface area contributed by atoms with E-state index in [2.05, 4.69) is 22.6 Å². The first kappa shape index (κ1) is 9.77. The second kappa shape index (κ2) is 4.17. The van der Waals surface area contributed by atoms with Crippen LogP contribution in [0.25, 0.3) is 0 Å². The Bertz CT molecular complexity index is 209. The van der Waals surface area contributed by atoms with Crippen LogP contribution in [0.5, 0.6) is 0 Å². The molecule has 2 rings (SSSR count). The fourth-order valence-corrected chi connectivity index (χ4v) is 1.98. The molecule has 0 aromatic heterocycles. The summed E-state index contributed by atoms with van der Waals surface area (Å²) >= 11 is 0. The van der Waals surface area contributed by atoms with Gasteiger partial charge in [0, 0.05) is 31.6 Å². The van der Waals surface area contributed by atoms with Crippen molar-refractivity contribution in [2.75, 3.05) is 26.7 Å². The third-order valence-electron chi connectivity index (χ3n) is 3.13. The third kappa shape index (κ3) is 2.38. The van der Waals surface area contributed by atoms with Gasteiger partial charge in [-0.05, 0) is 26.3 Å². The van der Waals surface area contributed by atoms with Gasteiger partial charge in [-0.2, -0.15) is 0 Å². The number of carbonyl (C=O) groups is 1. The summed E-state index contributed by atoms with van der Waals surface area (Å²) in [5, 5.41) is 5.90. The van der Waals surface area contributed by atoms with Crippen LogP contribution in [0.15, 0.2) is 0 Å². The van der Waals surface area contributed by atoms with Crippen molar-refractivity contribution in [1.29, 1.82) is 0 Å². The molecule has 0 spiro atoms. The molecule has 4 nitrogen and oxygen atoms in total. The summed E-state index contributed by atoms with van der Waals surface area (Å²) in [6, 6.07) is 0.461. The highest BCUT2D eigenvalue weighted by atomic mass is 16.2. The smallest absolute Gasteiger partial charge is 0.315 e. The van der Waals surface area contributed by atoms with E-state index >= 15 is 0 Å². The molecule has 0 radical (unpaired) electrons. The SMILES string of the molecule is CN1CC(CNC(=O)NC2CCC2)C1. The van der Waals surface area contributed by atoms with Crippen molar-refractivity contribution in [3.63, 3.8) is 0 Å². The van der Waals surface area contributed by atoms with E-state index in [1.165, 1.54) is 6.42 Å². The minimum absolute atomic E-state index is 0.0178. The topological polar surface area (TPSA) is 44.4 Å². The molecule has 2 aliphatic rings. The van der Waals surface area contributed by atoms with Crippen LogP contribution in [-0.2, 0) is 0 Å². The lowest BCUT2D eigenvalue weighted by Crippen LogP contribution is -2.52. The predicted molar refractivity (Wildman–Crippen MR) is 55.2 cm³/mol. The molecule has 1 saturated heterocycles. The van der Waals surface area contributed by atoms with Crippen molar-refractivity contribution >= 4 is 6.03 Å². The molecule has 14 heavy (non-hydrogen) atoms. The zero-order chi connectivity index (χ0) is 9.97. The number of hydrogen-bond donors (Lipinski definition) is 2. The first-order valence-electron chi connectivity index (χ1n) is 5.47. The van der Waals surface area contributed by atoms with Crippen LogP contribution in [0.2, 0.25) is 0 Å². The third-order valence-corrected chi connectivity index (χ3v) is 3.13. The number of likely N-dealkylation sites (tertiary alicyclic amines) is 1. The number of amides is 2. The second-order valence-electron chi connectivity index (χ2n) is 4.57. The predicted octanol–water partition coefficient (Wildman–Crippen LogP) is 0.400. The molecular formula is C10H19N3O. The summed E-state index contributed by atoms with van der Waals surface area (Å²) < 4.78 is 0. The fraction of sp³-hybridized carbons (Fsp3) is 0.900. The first-order valence-corrected chi connectivity index (χ1v) is 5.47. The van der Waals surface area contributed by atoms with Crippen LogP contribution in [0.4, 0.5) is 4.79 Å². The normalized spacial score (nSPS) is 23.8. The van der Waals surface area contributed by atoms with Gasteiger partial charge in [0.15, 0.2) is 0 Å². The highest BCUT2D eigenvalue weighted by Crippen LogP contribution is 2.17. The maximum atomic E-state index is 11.3. The van der Waals surface area contributed by atoms with Crippen molar-refractivity contribution in [3.8, 4) is 0 Å². The highest BCUT2D eigenvalue weighted by Gasteiger charge is 2.24. The summed E-state index contributed by atoms with van der Waals surface area (Å²) in [5.74, 6) is 0.659. The number of rotatable bonds is 3. The maximum Gasteiger partial charge on any atom is 0.315 e. The molecule has 0 bridgehead atoms. The van der Waals surface area contributed by atoms with Crippen LogP contribution >= 0.6 is 0 Å². The van der Waals surface area contributed by atoms with Crippen molar-refractivity contribution in [1.82, 2.24) is 15.5 Å². The Kier molecular flexibility index (Phi) is 2.91. The van der Waals surface area contributed by atoms with Crippen LogP contribution in [-0.4, -0.2) is 43.7 Å². The largest absolute Gasteiger partial charge is 0.338 e. The van der Waals surface area contributed by atoms with Crippen LogP contribution < -0.4 is 10.6 Å². The van der Waals surface area contributed by atoms with E-state index in [-0.39, 0.29) is 6.03 Å². The zero-order valence-corrected chi connectivity index (χ0v) is 8.75. The molecule has 1 saturated carbocycles. The molecule has 2 fully saturated rings. The fourth-order valence-electron chi connectivity index (χ4n) is 1.98. The van der Waals surface area contributed by atoms with E-state index in [9.17, 15) is 4.79 Å². The molecule has 0 aromatic rings. The Hall–Kier alpha value is -0.770. The van der Waals surface area contributed by atoms with Gasteiger partial charge < -0.3 is 15.5 Å². The lowest BCUT2D eigenvalue weighted by atomic mass is 9.93. The lowest BCUT2D eigenvalue weighted by molar-refractivity contribution is 0.133. The monoisotopic (exact) mass is 197 g/mol. The molecule has 1 aliphatic heterocycles. The number of nitrogens with one attached hydrogen (secondary N) is 2. The van der Waals surface area contributed by atoms with E-state index in [4.69, 9.17) is 0 Å². The maximum absolute atomic E-state index is 11.3. The first-order chi connectivity index (χ1) is 6.74. The van der Waals surface area contributed by atoms with Gasteiger partial charge in [-0.1, -0.05) is 0 Å². The average Bonchev–Trinajstić information content (AvgIpc) is 2.03. The summed E-state index contributed by atoms with van der Waals surface area (Å²) in [7, 11) is 2.10. The Morgan fingerprint density at radius 1 is 1.43 bits per heavy atom. The minimum atomic E-state index is 0.0178. The standard InChI is InChI=1S/C10H19N3O/c1-13-6-8(7-13)5-11-10(14)12-9-3-2-4-9/h8-9H,2-7H2,1H3,(H2,11,12,14). The zero-order valence-electron chi connectivity index (χ0n) is 8.75. The van der Waals surface area contributed by atoms with Gasteiger partial charge in [0.2, 0.25) is 0 Å². The Morgan fingerprint density at radius 2 is 2.14 bits per heavy atom. The summed E-state index contributed by atoms with van der Waals surface area (Å²) in [6.07, 6.45) is 3.57. The van der Waals surface area contributed by atoms with Crippen LogP contribution in [0.3, 0.4) is 0 Å². The number of carbonyl (C=O) groups excluding carboxylic acids is 1. The Morgan fingerprint density at radius 3 is 2.64 bits per heavy atom. The van der Waals surface area contributed by atoms with E-state index < -0.39 is 0 Å². The van der Waals surface area contributed by atoms with Crippen LogP contribution in [0.1, 0.15) is 19.3 Å². The van der Waals surface area contributed by atoms with E-state index in [1.54, 1.807) is 0 Å². The van der Waals surface area contributed by atoms with Gasteiger partial charge >= 0.3 is 6.03 Å². The van der Waals surface area contributed by atoms with E-state index in [1.807, 2.05) is 0 Å². The van der Waals surface area contributed by atoms with Gasteiger partial charge in [0.25, 0.3) is 0 Å². The number of hydrogen-bond acceptors (Lipinski definition) is 2. The molecule has 4 heteroatoms. The summed E-state index contributed by atoms with van der Waals surface area (Å²) in [6.45, 7) is 3.05. The minimum Gasteiger partial charge on any atom is -0.338 e. The molecule has 80 valence electrons. The Balaban J connectivity index is 1.53. The number of nitrogens with zero attached hydrogens (tertiary/aromatic N) is 1. The molecule has 0 aromatic carbocycles. The van der Waals surface area contributed by atoms with Gasteiger partial charge in [-0.3, -0.25) is 0 Å². The lowest BCUT2D eigenvalue weighted by Gasteiger charge is -2.36. The second-order valence-corrected chi connectivity index (χ2v) is 4.57. The van der Waals surface area contributed by atoms with Gasteiger partial charge in [-0.15, -0.1) is 0 Å². The Labute approximate surface area is 85.0 Å². The summed E-state index contributed by atoms with van der Waals surface area (Å²) in [4.78, 5) is 13.6. The molecular weight excluding hydrogens is 178 g/mol. The average molecular weight is 197 g/mol. The van der Waals surface area contributed by atoms with Crippen molar-refractivity contribution < 1.29 is 4.79 Å². The number of urea groups is 1.